The molecule has 2 aromatic rings. The molecule has 0 saturated heterocycles. The van der Waals surface area contributed by atoms with Gasteiger partial charge in [0.25, 0.3) is 0 Å². The van der Waals surface area contributed by atoms with Crippen LogP contribution in [0.15, 0.2) is 71.9 Å². The van der Waals surface area contributed by atoms with Crippen molar-refractivity contribution in [2.24, 2.45) is 11.5 Å². The minimum atomic E-state index is -0.350. The molecule has 0 saturated carbocycles. The Morgan fingerprint density at radius 3 is 2.55 bits per heavy atom. The predicted molar refractivity (Wildman–Crippen MR) is 175 cm³/mol. The van der Waals surface area contributed by atoms with Gasteiger partial charge in [0, 0.05) is 48.6 Å². The van der Waals surface area contributed by atoms with E-state index in [9.17, 15) is 0 Å². The molecule has 3 rings (SSSR count). The van der Waals surface area contributed by atoms with Crippen molar-refractivity contribution in [2.45, 2.75) is 72.9 Å². The number of rotatable bonds is 15. The lowest BCUT2D eigenvalue weighted by molar-refractivity contribution is 0.269. The zero-order valence-corrected chi connectivity index (χ0v) is 26.4. The van der Waals surface area contributed by atoms with Gasteiger partial charge in [-0.1, -0.05) is 46.8 Å². The number of aliphatic hydroxyl groups is 1. The first-order valence-corrected chi connectivity index (χ1v) is 15.2. The molecule has 1 aliphatic carbocycles. The highest BCUT2D eigenvalue weighted by molar-refractivity contribution is 5.88. The highest BCUT2D eigenvalue weighted by atomic mass is 16.5. The summed E-state index contributed by atoms with van der Waals surface area (Å²) >= 11 is 0. The summed E-state index contributed by atoms with van der Waals surface area (Å²) in [5.74, 6) is 2.82. The summed E-state index contributed by atoms with van der Waals surface area (Å²) in [4.78, 5) is 4.51. The van der Waals surface area contributed by atoms with Crippen LogP contribution in [0.25, 0.3) is 10.9 Å². The molecular formula is C33H53N5O4. The zero-order chi connectivity index (χ0) is 31.2. The molecule has 1 heterocycles. The molecule has 1 aromatic carbocycles. The van der Waals surface area contributed by atoms with E-state index in [-0.39, 0.29) is 12.8 Å². The lowest BCUT2D eigenvalue weighted by Gasteiger charge is -2.15. The van der Waals surface area contributed by atoms with E-state index in [4.69, 9.17) is 30.8 Å². The Hall–Kier alpha value is -3.37. The van der Waals surface area contributed by atoms with Gasteiger partial charge in [0.05, 0.1) is 25.4 Å². The lowest BCUT2D eigenvalue weighted by Crippen LogP contribution is -2.29. The fourth-order valence-electron chi connectivity index (χ4n) is 3.99. The molecule has 234 valence electrons. The maximum Gasteiger partial charge on any atom is 0.163 e. The SMILES string of the molecule is CC.CC.CC/C=C(\C=C/CC(N)N)NC1=CC=C(Oc2ccnc3cc(OCCNCCO)c(OC)cc23)CCC1. The van der Waals surface area contributed by atoms with Crippen LogP contribution in [-0.2, 0) is 0 Å². The molecule has 9 nitrogen and oxygen atoms in total. The molecule has 0 unspecified atom stereocenters. The summed E-state index contributed by atoms with van der Waals surface area (Å²) in [6.07, 6.45) is 15.9. The fraction of sp³-hybridized carbons (Fsp3) is 0.485. The van der Waals surface area contributed by atoms with Gasteiger partial charge in [-0.3, -0.25) is 4.98 Å². The van der Waals surface area contributed by atoms with E-state index in [1.807, 2.05) is 64.1 Å². The van der Waals surface area contributed by atoms with Crippen molar-refractivity contribution in [1.29, 1.82) is 0 Å². The van der Waals surface area contributed by atoms with Crippen LogP contribution in [0.2, 0.25) is 0 Å². The third-order valence-electron chi connectivity index (χ3n) is 5.83. The van der Waals surface area contributed by atoms with Crippen molar-refractivity contribution < 1.29 is 19.3 Å². The number of benzene rings is 1. The van der Waals surface area contributed by atoms with Gasteiger partial charge in [0.1, 0.15) is 18.1 Å². The minimum absolute atomic E-state index is 0.0924. The highest BCUT2D eigenvalue weighted by Crippen LogP contribution is 2.36. The van der Waals surface area contributed by atoms with Crippen molar-refractivity contribution in [2.75, 3.05) is 33.4 Å². The Balaban J connectivity index is 0.00000211. The van der Waals surface area contributed by atoms with Crippen LogP contribution in [0.4, 0.5) is 0 Å². The van der Waals surface area contributed by atoms with Gasteiger partial charge in [-0.25, -0.2) is 0 Å². The summed E-state index contributed by atoms with van der Waals surface area (Å²) < 4.78 is 17.8. The molecule has 7 N–H and O–H groups in total. The average Bonchev–Trinajstić information content (AvgIpc) is 3.23. The molecule has 0 amide bonds. The van der Waals surface area contributed by atoms with Crippen molar-refractivity contribution in [3.63, 3.8) is 0 Å². The molecule has 0 radical (unpaired) electrons. The van der Waals surface area contributed by atoms with Crippen LogP contribution in [0.3, 0.4) is 0 Å². The number of hydrogen-bond acceptors (Lipinski definition) is 9. The van der Waals surface area contributed by atoms with Gasteiger partial charge in [-0.15, -0.1) is 0 Å². The summed E-state index contributed by atoms with van der Waals surface area (Å²) in [6, 6.07) is 5.63. The van der Waals surface area contributed by atoms with Gasteiger partial charge < -0.3 is 41.4 Å². The molecule has 1 aliphatic rings. The number of nitrogens with zero attached hydrogens (tertiary/aromatic N) is 1. The Kier molecular flexibility index (Phi) is 19.4. The second-order valence-electron chi connectivity index (χ2n) is 8.93. The lowest BCUT2D eigenvalue weighted by atomic mass is 10.1. The third kappa shape index (κ3) is 13.1. The molecule has 0 spiro atoms. The van der Waals surface area contributed by atoms with Gasteiger partial charge in [-0.2, -0.15) is 0 Å². The summed E-state index contributed by atoms with van der Waals surface area (Å²) in [7, 11) is 1.61. The van der Waals surface area contributed by atoms with Crippen LogP contribution < -0.4 is 36.3 Å². The van der Waals surface area contributed by atoms with Crippen molar-refractivity contribution in [3.05, 3.63) is 71.9 Å². The molecule has 0 atom stereocenters. The van der Waals surface area contributed by atoms with Gasteiger partial charge in [0.15, 0.2) is 11.5 Å². The quantitative estimate of drug-likeness (QED) is 0.102. The third-order valence-corrected chi connectivity index (χ3v) is 5.83. The van der Waals surface area contributed by atoms with E-state index >= 15 is 0 Å². The maximum atomic E-state index is 8.89. The number of pyridine rings is 1. The normalized spacial score (nSPS) is 13.3. The number of aromatic nitrogens is 1. The molecule has 0 bridgehead atoms. The second-order valence-corrected chi connectivity index (χ2v) is 8.93. The van der Waals surface area contributed by atoms with E-state index in [1.165, 1.54) is 0 Å². The molecule has 42 heavy (non-hydrogen) atoms. The van der Waals surface area contributed by atoms with E-state index in [1.54, 1.807) is 13.3 Å². The van der Waals surface area contributed by atoms with E-state index in [2.05, 4.69) is 34.7 Å². The minimum Gasteiger partial charge on any atom is -0.493 e. The Labute approximate surface area is 252 Å². The second kappa shape index (κ2) is 22.3. The van der Waals surface area contributed by atoms with Crippen molar-refractivity contribution >= 4 is 10.9 Å². The van der Waals surface area contributed by atoms with Crippen LogP contribution in [0, 0.1) is 0 Å². The number of methoxy groups -OCH3 is 1. The van der Waals surface area contributed by atoms with Crippen LogP contribution in [0.5, 0.6) is 17.2 Å². The zero-order valence-electron chi connectivity index (χ0n) is 26.4. The molecule has 0 fully saturated rings. The number of nitrogens with one attached hydrogen (secondary N) is 2. The summed E-state index contributed by atoms with van der Waals surface area (Å²) in [5, 5.41) is 16.4. The summed E-state index contributed by atoms with van der Waals surface area (Å²) in [5.41, 5.74) is 14.2. The molecule has 9 heteroatoms. The average molecular weight is 584 g/mol. The number of ether oxygens (including phenoxy) is 3. The number of fused-ring (bicyclic) bond motifs is 1. The van der Waals surface area contributed by atoms with Gasteiger partial charge in [0.2, 0.25) is 0 Å². The number of allylic oxidation sites excluding steroid dienone is 6. The first-order valence-electron chi connectivity index (χ1n) is 15.2. The van der Waals surface area contributed by atoms with Gasteiger partial charge in [-0.05, 0) is 56.0 Å². The first-order chi connectivity index (χ1) is 20.5. The van der Waals surface area contributed by atoms with E-state index in [0.717, 1.165) is 53.7 Å². The van der Waals surface area contributed by atoms with E-state index < -0.39 is 0 Å². The maximum absolute atomic E-state index is 8.89. The first kappa shape index (κ1) is 36.7. The van der Waals surface area contributed by atoms with Crippen LogP contribution in [0.1, 0.15) is 66.7 Å². The molecule has 1 aromatic heterocycles. The van der Waals surface area contributed by atoms with Crippen molar-refractivity contribution in [3.8, 4) is 17.2 Å². The summed E-state index contributed by atoms with van der Waals surface area (Å²) in [6.45, 7) is 11.8. The smallest absolute Gasteiger partial charge is 0.163 e. The standard InChI is InChI=1S/C29H41N5O4.2C2H6/c1-3-6-21(8-5-10-29(30)31)34-22-7-4-9-23(12-11-22)38-26-13-14-33-25-20-28(27(36-2)19-24(25)26)37-18-16-32-15-17-35;2*1-2/h5-6,8,11-14,19-20,29,32,34-35H,3-4,7,9-10,15-18,30-31H2,1-2H3;2*1-2H3/b8-5-,21-6+;;. The highest BCUT2D eigenvalue weighted by Gasteiger charge is 2.14. The number of aliphatic hydroxyl groups excluding tert-OH is 1. The fourth-order valence-corrected chi connectivity index (χ4v) is 3.99. The number of nitrogens with two attached hydrogens (primary N) is 2. The van der Waals surface area contributed by atoms with Crippen LogP contribution in [-0.4, -0.2) is 49.7 Å². The topological polar surface area (TPSA) is 137 Å². The molecule has 0 aliphatic heterocycles. The molecular weight excluding hydrogens is 530 g/mol. The largest absolute Gasteiger partial charge is 0.493 e. The van der Waals surface area contributed by atoms with Gasteiger partial charge >= 0.3 is 0 Å². The van der Waals surface area contributed by atoms with Crippen LogP contribution >= 0.6 is 0 Å². The number of hydrogen-bond donors (Lipinski definition) is 5. The Morgan fingerprint density at radius 1 is 1.07 bits per heavy atom. The Bertz CT molecular complexity index is 1160. The van der Waals surface area contributed by atoms with E-state index in [0.29, 0.717) is 43.4 Å². The Morgan fingerprint density at radius 2 is 1.86 bits per heavy atom. The predicted octanol–water partition coefficient (Wildman–Crippen LogP) is 5.66. The van der Waals surface area contributed by atoms with Crippen molar-refractivity contribution in [1.82, 2.24) is 15.6 Å². The monoisotopic (exact) mass is 583 g/mol.